The predicted octanol–water partition coefficient (Wildman–Crippen LogP) is 2.61. The van der Waals surface area contributed by atoms with Crippen molar-refractivity contribution in [1.82, 2.24) is 0 Å². The van der Waals surface area contributed by atoms with Crippen LogP contribution in [0.2, 0.25) is 0 Å². The monoisotopic (exact) mass is 197 g/mol. The molecule has 1 heterocycles. The molecule has 0 bridgehead atoms. The number of allylic oxidation sites excluding steroid dienone is 3. The zero-order valence-corrected chi connectivity index (χ0v) is 9.57. The molecule has 2 heteroatoms. The van der Waals surface area contributed by atoms with Crippen molar-refractivity contribution < 1.29 is 0 Å². The van der Waals surface area contributed by atoms with Crippen LogP contribution in [0.4, 0.5) is 5.69 Å². The van der Waals surface area contributed by atoms with Crippen molar-refractivity contribution in [3.8, 4) is 0 Å². The van der Waals surface area contributed by atoms with Crippen LogP contribution >= 0.6 is 0 Å². The van der Waals surface area contributed by atoms with Crippen LogP contribution in [-0.4, -0.2) is 7.98 Å². The zero-order valence-electron chi connectivity index (χ0n) is 9.57. The molecule has 15 heavy (non-hydrogen) atoms. The van der Waals surface area contributed by atoms with Gasteiger partial charge in [-0.15, -0.1) is 0 Å². The summed E-state index contributed by atoms with van der Waals surface area (Å²) in [5.41, 5.74) is 3.95. The van der Waals surface area contributed by atoms with Crippen molar-refractivity contribution in [2.45, 2.75) is 13.8 Å². The van der Waals surface area contributed by atoms with Gasteiger partial charge in [-0.3, -0.25) is 0 Å². The fraction of sp³-hybridized carbons (Fsp3) is 0.231. The molecule has 1 aromatic rings. The van der Waals surface area contributed by atoms with Gasteiger partial charge < -0.3 is 4.81 Å². The quantitative estimate of drug-likeness (QED) is 0.625. The average Bonchev–Trinajstić information content (AvgIpc) is 2.22. The van der Waals surface area contributed by atoms with Gasteiger partial charge in [0, 0.05) is 11.3 Å². The Labute approximate surface area is 92.5 Å². The van der Waals surface area contributed by atoms with Crippen molar-refractivity contribution in [3.05, 3.63) is 48.2 Å². The smallest absolute Gasteiger partial charge is 0.223 e. The van der Waals surface area contributed by atoms with E-state index in [2.05, 4.69) is 69.3 Å². The van der Waals surface area contributed by atoms with Crippen LogP contribution in [0, 0.1) is 5.92 Å². The molecule has 1 nitrogen and oxygen atoms in total. The molecule has 1 aliphatic rings. The second-order valence-electron chi connectivity index (χ2n) is 4.31. The van der Waals surface area contributed by atoms with Gasteiger partial charge in [-0.05, 0) is 29.8 Å². The van der Waals surface area contributed by atoms with Crippen molar-refractivity contribution in [3.63, 3.8) is 0 Å². The van der Waals surface area contributed by atoms with Gasteiger partial charge in [0.15, 0.2) is 0 Å². The highest BCUT2D eigenvalue weighted by Gasteiger charge is 2.11. The number of rotatable bonds is 1. The Hall–Kier alpha value is -1.44. The van der Waals surface area contributed by atoms with E-state index in [1.807, 2.05) is 0 Å². The Morgan fingerprint density at radius 2 is 2.00 bits per heavy atom. The number of hydrogen-bond donors (Lipinski definition) is 0. The minimum atomic E-state index is 0.584. The molecule has 0 N–H and O–H groups in total. The summed E-state index contributed by atoms with van der Waals surface area (Å²) in [4.78, 5) is 2.16. The van der Waals surface area contributed by atoms with E-state index < -0.39 is 0 Å². The van der Waals surface area contributed by atoms with E-state index in [1.165, 1.54) is 16.8 Å². The van der Waals surface area contributed by atoms with E-state index in [0.717, 1.165) is 0 Å². The Bertz CT molecular complexity index is 418. The van der Waals surface area contributed by atoms with Gasteiger partial charge in [-0.25, -0.2) is 0 Å². The van der Waals surface area contributed by atoms with E-state index in [9.17, 15) is 0 Å². The van der Waals surface area contributed by atoms with Crippen LogP contribution in [0.5, 0.6) is 0 Å². The van der Waals surface area contributed by atoms with Crippen LogP contribution in [0.1, 0.15) is 19.4 Å². The molecule has 1 aromatic carbocycles. The van der Waals surface area contributed by atoms with Crippen LogP contribution in [0.25, 0.3) is 5.57 Å². The molecular weight excluding hydrogens is 181 g/mol. The summed E-state index contributed by atoms with van der Waals surface area (Å²) in [6.07, 6.45) is 6.61. The fourth-order valence-electron chi connectivity index (χ4n) is 1.89. The zero-order chi connectivity index (χ0) is 10.8. The molecule has 0 spiro atoms. The second-order valence-corrected chi connectivity index (χ2v) is 4.31. The van der Waals surface area contributed by atoms with Gasteiger partial charge in [-0.1, -0.05) is 38.1 Å². The predicted molar refractivity (Wildman–Crippen MR) is 69.4 cm³/mol. The normalized spacial score (nSPS) is 17.3. The molecule has 0 aliphatic carbocycles. The number of fused-ring (bicyclic) bond motifs is 1. The van der Waals surface area contributed by atoms with Gasteiger partial charge in [0.25, 0.3) is 0 Å². The lowest BCUT2D eigenvalue weighted by Crippen LogP contribution is -2.15. The Morgan fingerprint density at radius 1 is 1.27 bits per heavy atom. The largest absolute Gasteiger partial charge is 0.399 e. The number of anilines is 1. The maximum atomic E-state index is 2.31. The van der Waals surface area contributed by atoms with Crippen LogP contribution in [0.3, 0.4) is 0 Å². The highest BCUT2D eigenvalue weighted by Crippen LogP contribution is 2.31. The van der Waals surface area contributed by atoms with Crippen LogP contribution < -0.4 is 4.81 Å². The minimum absolute atomic E-state index is 0.584. The summed E-state index contributed by atoms with van der Waals surface area (Å²) in [5, 5.41) is 0. The van der Waals surface area contributed by atoms with Gasteiger partial charge >= 0.3 is 0 Å². The molecule has 0 fully saturated rings. The van der Waals surface area contributed by atoms with Gasteiger partial charge in [0.2, 0.25) is 7.98 Å². The second kappa shape index (κ2) is 3.97. The standard InChI is InChI=1S/C13H16BN/c1-10(2)9-11-7-8-15(14)13-6-4-3-5-12(11)13/h3-10H,14H2,1-2H3/b11-9-. The molecule has 2 rings (SSSR count). The van der Waals surface area contributed by atoms with E-state index in [1.54, 1.807) is 0 Å². The lowest BCUT2D eigenvalue weighted by atomic mass is 9.95. The third-order valence-electron chi connectivity index (χ3n) is 2.59. The number of benzene rings is 1. The summed E-state index contributed by atoms with van der Waals surface area (Å²) >= 11 is 0. The summed E-state index contributed by atoms with van der Waals surface area (Å²) in [5.74, 6) is 0.584. The first-order valence-electron chi connectivity index (χ1n) is 5.41. The maximum Gasteiger partial charge on any atom is 0.223 e. The Kier molecular flexibility index (Phi) is 2.67. The van der Waals surface area contributed by atoms with Crippen molar-refractivity contribution in [1.29, 1.82) is 0 Å². The molecular formula is C13H16BN. The fourth-order valence-corrected chi connectivity index (χ4v) is 1.89. The molecule has 0 atom stereocenters. The highest BCUT2D eigenvalue weighted by molar-refractivity contribution is 6.20. The Morgan fingerprint density at radius 3 is 2.73 bits per heavy atom. The maximum absolute atomic E-state index is 2.31. The van der Waals surface area contributed by atoms with Gasteiger partial charge in [0.05, 0.1) is 0 Å². The molecule has 0 aromatic heterocycles. The SMILES string of the molecule is BN1C=C/C(=C/C(C)C)c2ccccc21. The van der Waals surface area contributed by atoms with Gasteiger partial charge in [0.1, 0.15) is 0 Å². The molecule has 0 unspecified atom stereocenters. The number of hydrogen-bond acceptors (Lipinski definition) is 1. The summed E-state index contributed by atoms with van der Waals surface area (Å²) < 4.78 is 0. The number of para-hydroxylation sites is 1. The first-order chi connectivity index (χ1) is 7.18. The molecule has 0 amide bonds. The minimum Gasteiger partial charge on any atom is -0.399 e. The molecule has 0 saturated heterocycles. The summed E-state index contributed by atoms with van der Waals surface area (Å²) in [6, 6.07) is 8.53. The lowest BCUT2D eigenvalue weighted by molar-refractivity contribution is 0.834. The Balaban J connectivity index is 2.50. The van der Waals surface area contributed by atoms with E-state index >= 15 is 0 Å². The topological polar surface area (TPSA) is 3.24 Å². The lowest BCUT2D eigenvalue weighted by Gasteiger charge is -2.24. The van der Waals surface area contributed by atoms with Crippen LogP contribution in [0.15, 0.2) is 42.6 Å². The number of nitrogens with zero attached hydrogens (tertiary/aromatic N) is 1. The molecule has 0 radical (unpaired) electrons. The molecule has 76 valence electrons. The van der Waals surface area contributed by atoms with Crippen molar-refractivity contribution >= 4 is 19.2 Å². The molecule has 1 aliphatic heterocycles. The van der Waals surface area contributed by atoms with E-state index in [-0.39, 0.29) is 0 Å². The average molecular weight is 197 g/mol. The third-order valence-corrected chi connectivity index (χ3v) is 2.59. The first kappa shape index (κ1) is 10.1. The summed E-state index contributed by atoms with van der Waals surface area (Å²) in [6.45, 7) is 4.42. The first-order valence-corrected chi connectivity index (χ1v) is 5.41. The third kappa shape index (κ3) is 1.99. The van der Waals surface area contributed by atoms with Crippen molar-refractivity contribution in [2.24, 2.45) is 5.92 Å². The van der Waals surface area contributed by atoms with Crippen molar-refractivity contribution in [2.75, 3.05) is 4.81 Å². The van der Waals surface area contributed by atoms with Crippen LogP contribution in [-0.2, 0) is 0 Å². The highest BCUT2D eigenvalue weighted by atomic mass is 15.0. The van der Waals surface area contributed by atoms with E-state index in [4.69, 9.17) is 0 Å². The van der Waals surface area contributed by atoms with Gasteiger partial charge in [-0.2, -0.15) is 0 Å². The molecule has 0 saturated carbocycles. The van der Waals surface area contributed by atoms with E-state index in [0.29, 0.717) is 5.92 Å². The summed E-state index contributed by atoms with van der Waals surface area (Å²) in [7, 11) is 2.08.